The maximum atomic E-state index is 13.6. The number of aliphatic hydroxyl groups excluding tert-OH is 1. The zero-order chi connectivity index (χ0) is 9.90. The van der Waals surface area contributed by atoms with Gasteiger partial charge in [0.1, 0.15) is 0 Å². The Bertz CT molecular complexity index is 281. The molecule has 1 nitrogen and oxygen atoms in total. The summed E-state index contributed by atoms with van der Waals surface area (Å²) in [7, 11) is 0. The van der Waals surface area contributed by atoms with Crippen molar-refractivity contribution in [2.24, 2.45) is 0 Å². The van der Waals surface area contributed by atoms with Crippen molar-refractivity contribution in [1.29, 1.82) is 0 Å². The molecule has 0 amide bonds. The first kappa shape index (κ1) is 10.2. The van der Waals surface area contributed by atoms with Gasteiger partial charge in [-0.2, -0.15) is 0 Å². The number of hydrogen-bond acceptors (Lipinski definition) is 1. The van der Waals surface area contributed by atoms with E-state index in [0.29, 0.717) is 5.56 Å². The molecule has 0 aliphatic rings. The van der Waals surface area contributed by atoms with Crippen LogP contribution in [0.2, 0.25) is 0 Å². The summed E-state index contributed by atoms with van der Waals surface area (Å²) in [5, 5.41) is 8.84. The lowest BCUT2D eigenvalue weighted by Gasteiger charge is -2.18. The third kappa shape index (κ3) is 2.28. The van der Waals surface area contributed by atoms with Crippen LogP contribution >= 0.6 is 0 Å². The van der Waals surface area contributed by atoms with Gasteiger partial charge in [0, 0.05) is 0 Å². The number of alkyl halides is 1. The van der Waals surface area contributed by atoms with Gasteiger partial charge in [-0.25, -0.2) is 4.39 Å². The van der Waals surface area contributed by atoms with Crippen LogP contribution < -0.4 is 0 Å². The smallest absolute Gasteiger partial charge is 0.156 e. The maximum Gasteiger partial charge on any atom is 0.156 e. The van der Waals surface area contributed by atoms with Crippen LogP contribution in [-0.4, -0.2) is 11.7 Å². The van der Waals surface area contributed by atoms with Gasteiger partial charge >= 0.3 is 0 Å². The largest absolute Gasteiger partial charge is 0.393 e. The molecule has 1 aromatic carbocycles. The summed E-state index contributed by atoms with van der Waals surface area (Å²) in [6.45, 7) is 2.94. The predicted octanol–water partition coefficient (Wildman–Crippen LogP) is 2.43. The summed E-state index contributed by atoms with van der Waals surface area (Å²) in [6.07, 6.45) is 0.884. The van der Waals surface area contributed by atoms with Gasteiger partial charge in [-0.05, 0) is 24.5 Å². The molecule has 1 N–H and O–H groups in total. The number of aryl methyl sites for hydroxylation is 1. The molecule has 72 valence electrons. The normalized spacial score (nSPS) is 15.4. The van der Waals surface area contributed by atoms with E-state index in [1.165, 1.54) is 6.92 Å². The highest BCUT2D eigenvalue weighted by molar-refractivity contribution is 5.27. The maximum absolute atomic E-state index is 13.6. The van der Waals surface area contributed by atoms with Gasteiger partial charge in [-0.15, -0.1) is 0 Å². The molecule has 0 fully saturated rings. The molecule has 0 heterocycles. The van der Waals surface area contributed by atoms with Gasteiger partial charge in [0.05, 0.1) is 6.61 Å². The second kappa shape index (κ2) is 3.88. The standard InChI is InChI=1S/C11H15FO/c1-3-9-5-4-6-10(7-9)11(2,12)8-13/h4-7,13H,3,8H2,1-2H3. The summed E-state index contributed by atoms with van der Waals surface area (Å²) in [5.41, 5.74) is 0.0229. The van der Waals surface area contributed by atoms with Crippen molar-refractivity contribution in [2.75, 3.05) is 6.61 Å². The lowest BCUT2D eigenvalue weighted by atomic mass is 9.96. The van der Waals surface area contributed by atoms with Crippen LogP contribution in [0.4, 0.5) is 4.39 Å². The summed E-state index contributed by atoms with van der Waals surface area (Å²) >= 11 is 0. The van der Waals surface area contributed by atoms with E-state index in [-0.39, 0.29) is 0 Å². The van der Waals surface area contributed by atoms with Gasteiger partial charge in [-0.1, -0.05) is 31.2 Å². The van der Waals surface area contributed by atoms with Crippen molar-refractivity contribution in [3.8, 4) is 0 Å². The molecule has 0 saturated carbocycles. The molecule has 1 aromatic rings. The zero-order valence-electron chi connectivity index (χ0n) is 8.05. The average Bonchev–Trinajstić information content (AvgIpc) is 2.18. The van der Waals surface area contributed by atoms with Gasteiger partial charge in [0.2, 0.25) is 0 Å². The summed E-state index contributed by atoms with van der Waals surface area (Å²) in [6, 6.07) is 7.28. The van der Waals surface area contributed by atoms with Crippen molar-refractivity contribution < 1.29 is 9.50 Å². The van der Waals surface area contributed by atoms with E-state index in [1.807, 2.05) is 19.1 Å². The van der Waals surface area contributed by atoms with Crippen molar-refractivity contribution in [3.05, 3.63) is 35.4 Å². The van der Waals surface area contributed by atoms with E-state index >= 15 is 0 Å². The van der Waals surface area contributed by atoms with Crippen LogP contribution in [0.5, 0.6) is 0 Å². The monoisotopic (exact) mass is 182 g/mol. The van der Waals surface area contributed by atoms with Gasteiger partial charge in [0.25, 0.3) is 0 Å². The molecule has 1 unspecified atom stereocenters. The Balaban J connectivity index is 3.01. The SMILES string of the molecule is CCc1cccc(C(C)(F)CO)c1. The molecule has 13 heavy (non-hydrogen) atoms. The van der Waals surface area contributed by atoms with Crippen LogP contribution in [0.25, 0.3) is 0 Å². The van der Waals surface area contributed by atoms with Gasteiger partial charge in [-0.3, -0.25) is 0 Å². The summed E-state index contributed by atoms with van der Waals surface area (Å²) in [5.74, 6) is 0. The molecule has 1 atom stereocenters. The topological polar surface area (TPSA) is 20.2 Å². The Morgan fingerprint density at radius 1 is 1.46 bits per heavy atom. The Kier molecular flexibility index (Phi) is 3.04. The first-order valence-corrected chi connectivity index (χ1v) is 4.49. The van der Waals surface area contributed by atoms with Crippen LogP contribution in [0.1, 0.15) is 25.0 Å². The van der Waals surface area contributed by atoms with Crippen LogP contribution in [0.3, 0.4) is 0 Å². The first-order valence-electron chi connectivity index (χ1n) is 4.49. The molecule has 0 aliphatic heterocycles. The highest BCUT2D eigenvalue weighted by Crippen LogP contribution is 2.25. The summed E-state index contributed by atoms with van der Waals surface area (Å²) < 4.78 is 13.6. The van der Waals surface area contributed by atoms with Crippen molar-refractivity contribution in [3.63, 3.8) is 0 Å². The Morgan fingerprint density at radius 3 is 2.69 bits per heavy atom. The molecule has 1 rings (SSSR count). The van der Waals surface area contributed by atoms with E-state index in [9.17, 15) is 4.39 Å². The molecule has 0 bridgehead atoms. The minimum Gasteiger partial charge on any atom is -0.393 e. The van der Waals surface area contributed by atoms with Crippen molar-refractivity contribution in [1.82, 2.24) is 0 Å². The van der Waals surface area contributed by atoms with Crippen LogP contribution in [-0.2, 0) is 12.1 Å². The third-order valence-electron chi connectivity index (χ3n) is 2.23. The Hall–Kier alpha value is -0.890. The number of benzene rings is 1. The fourth-order valence-corrected chi connectivity index (χ4v) is 1.21. The predicted molar refractivity (Wildman–Crippen MR) is 51.4 cm³/mol. The Morgan fingerprint density at radius 2 is 2.15 bits per heavy atom. The second-order valence-corrected chi connectivity index (χ2v) is 3.41. The van der Waals surface area contributed by atoms with Gasteiger partial charge < -0.3 is 5.11 Å². The Labute approximate surface area is 78.2 Å². The molecule has 0 aromatic heterocycles. The van der Waals surface area contributed by atoms with Gasteiger partial charge in [0.15, 0.2) is 5.67 Å². The quantitative estimate of drug-likeness (QED) is 0.761. The molecular formula is C11H15FO. The molecular weight excluding hydrogens is 167 g/mol. The number of aliphatic hydroxyl groups is 1. The molecule has 0 radical (unpaired) electrons. The molecule has 0 aliphatic carbocycles. The second-order valence-electron chi connectivity index (χ2n) is 3.41. The minimum absolute atomic E-state index is 0.472. The van der Waals surface area contributed by atoms with Crippen LogP contribution in [0, 0.1) is 0 Å². The van der Waals surface area contributed by atoms with Crippen LogP contribution in [0.15, 0.2) is 24.3 Å². The van der Waals surface area contributed by atoms with Crippen molar-refractivity contribution >= 4 is 0 Å². The van der Waals surface area contributed by atoms with E-state index < -0.39 is 12.3 Å². The minimum atomic E-state index is -1.62. The number of halogens is 1. The first-order chi connectivity index (χ1) is 6.10. The highest BCUT2D eigenvalue weighted by atomic mass is 19.1. The highest BCUT2D eigenvalue weighted by Gasteiger charge is 2.24. The van der Waals surface area contributed by atoms with E-state index in [1.54, 1.807) is 12.1 Å². The lowest BCUT2D eigenvalue weighted by Crippen LogP contribution is -2.20. The third-order valence-corrected chi connectivity index (χ3v) is 2.23. The van der Waals surface area contributed by atoms with E-state index in [4.69, 9.17) is 5.11 Å². The fraction of sp³-hybridized carbons (Fsp3) is 0.455. The summed E-state index contributed by atoms with van der Waals surface area (Å²) in [4.78, 5) is 0. The zero-order valence-corrected chi connectivity index (χ0v) is 8.05. The number of hydrogen-bond donors (Lipinski definition) is 1. The average molecular weight is 182 g/mol. The lowest BCUT2D eigenvalue weighted by molar-refractivity contribution is 0.0867. The fourth-order valence-electron chi connectivity index (χ4n) is 1.21. The van der Waals surface area contributed by atoms with Crippen molar-refractivity contribution in [2.45, 2.75) is 25.9 Å². The number of rotatable bonds is 3. The molecule has 0 spiro atoms. The van der Waals surface area contributed by atoms with E-state index in [2.05, 4.69) is 0 Å². The molecule has 0 saturated heterocycles. The molecule has 2 heteroatoms. The van der Waals surface area contributed by atoms with E-state index in [0.717, 1.165) is 12.0 Å².